The van der Waals surface area contributed by atoms with Gasteiger partial charge in [-0.25, -0.2) is 14.0 Å². The summed E-state index contributed by atoms with van der Waals surface area (Å²) in [6, 6.07) is 1.69. The summed E-state index contributed by atoms with van der Waals surface area (Å²) in [7, 11) is 1.14. The first-order valence-corrected chi connectivity index (χ1v) is 10.4. The van der Waals surface area contributed by atoms with Gasteiger partial charge in [-0.1, -0.05) is 6.92 Å². The second-order valence-corrected chi connectivity index (χ2v) is 9.19. The molecule has 0 aromatic heterocycles. The number of carbonyl (C=O) groups is 2. The van der Waals surface area contributed by atoms with Crippen molar-refractivity contribution >= 4 is 17.7 Å². The van der Waals surface area contributed by atoms with Crippen LogP contribution in [0.4, 0.5) is 23.7 Å². The van der Waals surface area contributed by atoms with Crippen molar-refractivity contribution in [2.45, 2.75) is 65.7 Å². The molecule has 1 aliphatic rings. The molecule has 1 fully saturated rings. The van der Waals surface area contributed by atoms with Crippen LogP contribution in [-0.2, 0) is 9.47 Å². The fourth-order valence-corrected chi connectivity index (χ4v) is 3.51. The predicted molar refractivity (Wildman–Crippen MR) is 113 cm³/mol. The monoisotopic (exact) mass is 460 g/mol. The summed E-state index contributed by atoms with van der Waals surface area (Å²) in [6.07, 6.45) is 0.815. The number of benzene rings is 1. The van der Waals surface area contributed by atoms with E-state index in [9.17, 15) is 22.8 Å². The highest BCUT2D eigenvalue weighted by molar-refractivity contribution is 5.91. The van der Waals surface area contributed by atoms with E-state index in [0.29, 0.717) is 25.9 Å². The molecule has 2 rings (SSSR count). The molecule has 7 nitrogen and oxygen atoms in total. The van der Waals surface area contributed by atoms with Crippen molar-refractivity contribution in [2.75, 3.05) is 25.5 Å². The van der Waals surface area contributed by atoms with E-state index in [0.717, 1.165) is 13.2 Å². The highest BCUT2D eigenvalue weighted by Crippen LogP contribution is 2.39. The Morgan fingerprint density at radius 1 is 1.19 bits per heavy atom. The number of methoxy groups -OCH3 is 1. The van der Waals surface area contributed by atoms with Crippen LogP contribution in [0.1, 0.15) is 57.8 Å². The van der Waals surface area contributed by atoms with Crippen molar-refractivity contribution in [3.8, 4) is 5.75 Å². The molecule has 1 heterocycles. The summed E-state index contributed by atoms with van der Waals surface area (Å²) < 4.78 is 54.6. The molecular weight excluding hydrogens is 429 g/mol. The van der Waals surface area contributed by atoms with E-state index in [1.165, 1.54) is 6.07 Å². The van der Waals surface area contributed by atoms with Gasteiger partial charge in [-0.15, -0.1) is 0 Å². The van der Waals surface area contributed by atoms with E-state index in [-0.39, 0.29) is 28.8 Å². The smallest absolute Gasteiger partial charge is 0.410 e. The van der Waals surface area contributed by atoms with E-state index >= 15 is 0 Å². The number of amides is 1. The topological polar surface area (TPSA) is 77.1 Å². The van der Waals surface area contributed by atoms with Gasteiger partial charge in [0.25, 0.3) is 0 Å². The summed E-state index contributed by atoms with van der Waals surface area (Å²) in [5, 5.41) is 3.03. The molecule has 0 radical (unpaired) electrons. The van der Waals surface area contributed by atoms with Crippen molar-refractivity contribution in [1.82, 2.24) is 4.90 Å². The lowest BCUT2D eigenvalue weighted by molar-refractivity contribution is -0.0517. The molecule has 1 N–H and O–H groups in total. The van der Waals surface area contributed by atoms with Crippen LogP contribution in [0.3, 0.4) is 0 Å². The zero-order valence-electron chi connectivity index (χ0n) is 19.3. The first-order chi connectivity index (χ1) is 14.8. The van der Waals surface area contributed by atoms with E-state index in [1.54, 1.807) is 25.7 Å². The van der Waals surface area contributed by atoms with Gasteiger partial charge < -0.3 is 24.4 Å². The average Bonchev–Trinajstić information content (AvgIpc) is 2.68. The molecule has 10 heteroatoms. The van der Waals surface area contributed by atoms with Gasteiger partial charge in [-0.05, 0) is 58.1 Å². The number of ether oxygens (including phenoxy) is 3. The molecule has 32 heavy (non-hydrogen) atoms. The minimum Gasteiger partial charge on any atom is -0.465 e. The van der Waals surface area contributed by atoms with Crippen LogP contribution >= 0.6 is 0 Å². The Labute approximate surface area is 186 Å². The Kier molecular flexibility index (Phi) is 7.90. The van der Waals surface area contributed by atoms with Crippen LogP contribution in [0, 0.1) is 11.2 Å². The lowest BCUT2D eigenvalue weighted by Gasteiger charge is -2.43. The molecule has 0 aliphatic carbocycles. The summed E-state index contributed by atoms with van der Waals surface area (Å²) in [6.45, 7) is 6.88. The van der Waals surface area contributed by atoms with Gasteiger partial charge in [0.05, 0.1) is 18.4 Å². The lowest BCUT2D eigenvalue weighted by atomic mass is 9.74. The van der Waals surface area contributed by atoms with Gasteiger partial charge >= 0.3 is 18.7 Å². The number of nitrogens with one attached hydrogen (secondary N) is 1. The number of carbonyl (C=O) groups excluding carboxylic acids is 2. The second kappa shape index (κ2) is 9.87. The average molecular weight is 460 g/mol. The Morgan fingerprint density at radius 3 is 2.28 bits per heavy atom. The van der Waals surface area contributed by atoms with Crippen LogP contribution < -0.4 is 10.1 Å². The zero-order chi connectivity index (χ0) is 24.3. The van der Waals surface area contributed by atoms with Gasteiger partial charge in [0.15, 0.2) is 11.6 Å². The maximum absolute atomic E-state index is 14.5. The maximum atomic E-state index is 14.5. The van der Waals surface area contributed by atoms with Crippen molar-refractivity contribution in [3.63, 3.8) is 0 Å². The van der Waals surface area contributed by atoms with Crippen molar-refractivity contribution in [2.24, 2.45) is 5.41 Å². The molecule has 0 bridgehead atoms. The van der Waals surface area contributed by atoms with Crippen LogP contribution in [-0.4, -0.2) is 55.4 Å². The molecule has 0 saturated carbocycles. The van der Waals surface area contributed by atoms with E-state index in [1.807, 2.05) is 13.8 Å². The quantitative estimate of drug-likeness (QED) is 0.599. The minimum absolute atomic E-state index is 0.0750. The van der Waals surface area contributed by atoms with Crippen LogP contribution in [0.5, 0.6) is 5.75 Å². The van der Waals surface area contributed by atoms with Crippen molar-refractivity contribution in [1.29, 1.82) is 0 Å². The standard InChI is InChI=1S/C22H31F3N2O5/c1-13(22(5)7-9-27(10-8-22)20(29)32-21(2,3)4)26-16-12-14(18(28)30-6)11-15(23)17(16)31-19(24)25/h11-13,19,26H,7-10H2,1-6H3. The Balaban J connectivity index is 2.19. The van der Waals surface area contributed by atoms with E-state index in [2.05, 4.69) is 14.8 Å². The lowest BCUT2D eigenvalue weighted by Crippen LogP contribution is -2.49. The van der Waals surface area contributed by atoms with E-state index in [4.69, 9.17) is 4.74 Å². The third kappa shape index (κ3) is 6.43. The number of rotatable bonds is 6. The Hall–Kier alpha value is -2.65. The largest absolute Gasteiger partial charge is 0.465 e. The number of anilines is 1. The predicted octanol–water partition coefficient (Wildman–Crippen LogP) is 5.05. The Morgan fingerprint density at radius 2 is 1.78 bits per heavy atom. The number of halogens is 3. The molecule has 1 aromatic rings. The number of esters is 1. The van der Waals surface area contributed by atoms with Gasteiger partial charge in [-0.2, -0.15) is 8.78 Å². The SMILES string of the molecule is COC(=O)c1cc(F)c(OC(F)F)c(NC(C)C2(C)CCN(C(=O)OC(C)(C)C)CC2)c1. The number of nitrogens with zero attached hydrogens (tertiary/aromatic N) is 1. The summed E-state index contributed by atoms with van der Waals surface area (Å²) >= 11 is 0. The number of alkyl halides is 2. The zero-order valence-corrected chi connectivity index (χ0v) is 19.3. The normalized spacial score (nSPS) is 17.0. The molecule has 1 atom stereocenters. The van der Waals surface area contributed by atoms with Crippen LogP contribution in [0.25, 0.3) is 0 Å². The maximum Gasteiger partial charge on any atom is 0.410 e. The van der Waals surface area contributed by atoms with Gasteiger partial charge in [0.1, 0.15) is 5.60 Å². The van der Waals surface area contributed by atoms with Crippen LogP contribution in [0.15, 0.2) is 12.1 Å². The molecule has 1 aromatic carbocycles. The number of likely N-dealkylation sites (tertiary alicyclic amines) is 1. The number of hydrogen-bond donors (Lipinski definition) is 1. The van der Waals surface area contributed by atoms with Gasteiger partial charge in [-0.3, -0.25) is 0 Å². The summed E-state index contributed by atoms with van der Waals surface area (Å²) in [5.41, 5.74) is -1.15. The Bertz CT molecular complexity index is 834. The minimum atomic E-state index is -3.24. The van der Waals surface area contributed by atoms with Crippen molar-refractivity contribution < 1.29 is 37.0 Å². The third-order valence-corrected chi connectivity index (χ3v) is 5.65. The molecular formula is C22H31F3N2O5. The molecule has 1 amide bonds. The molecule has 0 spiro atoms. The summed E-state index contributed by atoms with van der Waals surface area (Å²) in [5.74, 6) is -2.58. The highest BCUT2D eigenvalue weighted by atomic mass is 19.3. The third-order valence-electron chi connectivity index (χ3n) is 5.65. The first kappa shape index (κ1) is 25.6. The molecule has 1 unspecified atom stereocenters. The van der Waals surface area contributed by atoms with Crippen LogP contribution in [0.2, 0.25) is 0 Å². The fourth-order valence-electron chi connectivity index (χ4n) is 3.51. The fraction of sp³-hybridized carbons (Fsp3) is 0.636. The van der Waals surface area contributed by atoms with Crippen molar-refractivity contribution in [3.05, 3.63) is 23.5 Å². The van der Waals surface area contributed by atoms with Gasteiger partial charge in [0.2, 0.25) is 0 Å². The molecule has 1 saturated heterocycles. The second-order valence-electron chi connectivity index (χ2n) is 9.19. The highest BCUT2D eigenvalue weighted by Gasteiger charge is 2.38. The molecule has 1 aliphatic heterocycles. The summed E-state index contributed by atoms with van der Waals surface area (Å²) in [4.78, 5) is 25.8. The molecule has 180 valence electrons. The van der Waals surface area contributed by atoms with E-state index < -0.39 is 29.7 Å². The first-order valence-electron chi connectivity index (χ1n) is 10.4. The van der Waals surface area contributed by atoms with Gasteiger partial charge in [0, 0.05) is 19.1 Å². The number of piperidine rings is 1. The number of hydrogen-bond acceptors (Lipinski definition) is 6.